The number of benzene rings is 1. The van der Waals surface area contributed by atoms with Crippen LogP contribution in [0.1, 0.15) is 10.9 Å². The summed E-state index contributed by atoms with van der Waals surface area (Å²) in [5.41, 5.74) is 0.622. The zero-order chi connectivity index (χ0) is 9.14. The molecule has 0 N–H and O–H groups in total. The molecule has 1 aromatic carbocycles. The van der Waals surface area contributed by atoms with Crippen LogP contribution in [-0.2, 0) is 0 Å². The maximum absolute atomic E-state index is 8.50. The molecule has 1 aromatic rings. The quantitative estimate of drug-likeness (QED) is 0.661. The molecular weight excluding hydrogens is 216 g/mol. The summed E-state index contributed by atoms with van der Waals surface area (Å²) in [6, 6.07) is 6.71. The van der Waals surface area contributed by atoms with Crippen molar-refractivity contribution in [2.24, 2.45) is 0 Å². The number of rotatable bonds is 1. The Morgan fingerprint density at radius 1 is 1.17 bits per heavy atom. The molecule has 1 rings (SSSR count). The Kier molecular flexibility index (Phi) is 3.22. The summed E-state index contributed by atoms with van der Waals surface area (Å²) in [5.74, 6) is 0. The van der Waals surface area contributed by atoms with Crippen LogP contribution in [-0.4, -0.2) is 0 Å². The Morgan fingerprint density at radius 2 is 1.67 bits per heavy atom. The van der Waals surface area contributed by atoms with Gasteiger partial charge in [0, 0.05) is 10.0 Å². The van der Waals surface area contributed by atoms with Gasteiger partial charge in [0.1, 0.15) is 5.38 Å². The van der Waals surface area contributed by atoms with Crippen LogP contribution in [0.4, 0.5) is 0 Å². The average molecular weight is 220 g/mol. The largest absolute Gasteiger partial charge is 0.196 e. The molecule has 0 aliphatic heterocycles. The molecule has 4 heteroatoms. The van der Waals surface area contributed by atoms with E-state index in [1.807, 2.05) is 6.07 Å². The van der Waals surface area contributed by atoms with Crippen molar-refractivity contribution in [1.29, 1.82) is 5.26 Å². The van der Waals surface area contributed by atoms with Crippen LogP contribution >= 0.6 is 34.8 Å². The molecule has 0 aromatic heterocycles. The lowest BCUT2D eigenvalue weighted by atomic mass is 10.2. The third-order valence-electron chi connectivity index (χ3n) is 1.29. The Labute approximate surface area is 85.5 Å². The van der Waals surface area contributed by atoms with E-state index in [-0.39, 0.29) is 0 Å². The highest BCUT2D eigenvalue weighted by atomic mass is 35.5. The van der Waals surface area contributed by atoms with Crippen molar-refractivity contribution in [1.82, 2.24) is 0 Å². The molecule has 62 valence electrons. The van der Waals surface area contributed by atoms with Crippen molar-refractivity contribution < 1.29 is 0 Å². The highest BCUT2D eigenvalue weighted by molar-refractivity contribution is 6.35. The van der Waals surface area contributed by atoms with E-state index in [0.29, 0.717) is 15.6 Å². The lowest BCUT2D eigenvalue weighted by Gasteiger charge is -2.01. The smallest absolute Gasteiger partial charge is 0.145 e. The molecule has 0 unspecified atom stereocenters. The fourth-order valence-electron chi connectivity index (χ4n) is 0.796. The van der Waals surface area contributed by atoms with Gasteiger partial charge < -0.3 is 0 Å². The summed E-state index contributed by atoms with van der Waals surface area (Å²) in [5, 5.41) is 8.78. The van der Waals surface area contributed by atoms with Gasteiger partial charge in [-0.25, -0.2) is 0 Å². The van der Waals surface area contributed by atoms with E-state index in [0.717, 1.165) is 0 Å². The minimum Gasteiger partial charge on any atom is -0.196 e. The maximum atomic E-state index is 8.50. The first kappa shape index (κ1) is 9.67. The molecule has 1 nitrogen and oxygen atoms in total. The summed E-state index contributed by atoms with van der Waals surface area (Å²) < 4.78 is 0. The van der Waals surface area contributed by atoms with Crippen molar-refractivity contribution >= 4 is 34.8 Å². The van der Waals surface area contributed by atoms with Crippen LogP contribution in [0.25, 0.3) is 0 Å². The van der Waals surface area contributed by atoms with Crippen molar-refractivity contribution in [3.63, 3.8) is 0 Å². The monoisotopic (exact) mass is 219 g/mol. The maximum Gasteiger partial charge on any atom is 0.145 e. The molecule has 0 aliphatic carbocycles. The van der Waals surface area contributed by atoms with E-state index in [1.54, 1.807) is 18.2 Å². The summed E-state index contributed by atoms with van der Waals surface area (Å²) in [4.78, 5) is 0. The molecule has 1 atom stereocenters. The first-order chi connectivity index (χ1) is 5.63. The number of hydrogen-bond donors (Lipinski definition) is 0. The van der Waals surface area contributed by atoms with Crippen molar-refractivity contribution in [2.45, 2.75) is 5.38 Å². The summed E-state index contributed by atoms with van der Waals surface area (Å²) in [6.07, 6.45) is 0. The molecule has 0 saturated heterocycles. The Balaban J connectivity index is 3.10. The molecule has 12 heavy (non-hydrogen) atoms. The minimum absolute atomic E-state index is 0.485. The molecule has 0 heterocycles. The van der Waals surface area contributed by atoms with E-state index in [4.69, 9.17) is 40.1 Å². The third-order valence-corrected chi connectivity index (χ3v) is 2.08. The van der Waals surface area contributed by atoms with Gasteiger partial charge in [-0.3, -0.25) is 0 Å². The van der Waals surface area contributed by atoms with Crippen LogP contribution in [0, 0.1) is 11.3 Å². The molecule has 0 saturated carbocycles. The van der Waals surface area contributed by atoms with Gasteiger partial charge in [-0.05, 0) is 23.8 Å². The van der Waals surface area contributed by atoms with Gasteiger partial charge in [-0.1, -0.05) is 23.2 Å². The normalized spacial score (nSPS) is 12.2. The molecular formula is C8H4Cl3N. The zero-order valence-corrected chi connectivity index (χ0v) is 8.16. The summed E-state index contributed by atoms with van der Waals surface area (Å²) in [6.45, 7) is 0. The standard InChI is InChI=1S/C8H4Cl3N/c9-6-1-5(8(11)4-12)2-7(10)3-6/h1-3,8H/t8-/m1/s1. The van der Waals surface area contributed by atoms with Crippen LogP contribution < -0.4 is 0 Å². The second kappa shape index (κ2) is 4.00. The van der Waals surface area contributed by atoms with Crippen LogP contribution in [0.3, 0.4) is 0 Å². The third kappa shape index (κ3) is 2.28. The number of nitrogens with zero attached hydrogens (tertiary/aromatic N) is 1. The molecule has 0 aliphatic rings. The fourth-order valence-corrected chi connectivity index (χ4v) is 1.46. The second-order valence-electron chi connectivity index (χ2n) is 2.19. The number of hydrogen-bond acceptors (Lipinski definition) is 1. The van der Waals surface area contributed by atoms with Gasteiger partial charge in [-0.2, -0.15) is 5.26 Å². The number of halogens is 3. The first-order valence-electron chi connectivity index (χ1n) is 3.13. The van der Waals surface area contributed by atoms with Crippen LogP contribution in [0.15, 0.2) is 18.2 Å². The lowest BCUT2D eigenvalue weighted by Crippen LogP contribution is -1.85. The van der Waals surface area contributed by atoms with Gasteiger partial charge in [-0.15, -0.1) is 11.6 Å². The Hall–Kier alpha value is -0.420. The number of alkyl halides is 1. The van der Waals surface area contributed by atoms with Crippen molar-refractivity contribution in [2.75, 3.05) is 0 Å². The SMILES string of the molecule is N#C[C@@H](Cl)c1cc(Cl)cc(Cl)c1. The molecule has 0 bridgehead atoms. The van der Waals surface area contributed by atoms with Gasteiger partial charge >= 0.3 is 0 Å². The number of nitriles is 1. The van der Waals surface area contributed by atoms with Gasteiger partial charge in [0.15, 0.2) is 0 Å². The van der Waals surface area contributed by atoms with Crippen molar-refractivity contribution in [3.05, 3.63) is 33.8 Å². The second-order valence-corrected chi connectivity index (χ2v) is 3.50. The minimum atomic E-state index is -0.693. The summed E-state index contributed by atoms with van der Waals surface area (Å²) >= 11 is 17.1. The lowest BCUT2D eigenvalue weighted by molar-refractivity contribution is 1.21. The van der Waals surface area contributed by atoms with Crippen LogP contribution in [0.5, 0.6) is 0 Å². The molecule has 0 spiro atoms. The molecule has 0 amide bonds. The van der Waals surface area contributed by atoms with Crippen molar-refractivity contribution in [3.8, 4) is 6.07 Å². The highest BCUT2D eigenvalue weighted by Gasteiger charge is 2.07. The zero-order valence-electron chi connectivity index (χ0n) is 5.89. The van der Waals surface area contributed by atoms with E-state index in [9.17, 15) is 0 Å². The predicted octanol–water partition coefficient (Wildman–Crippen LogP) is 3.80. The highest BCUT2D eigenvalue weighted by Crippen LogP contribution is 2.26. The van der Waals surface area contributed by atoms with Gasteiger partial charge in [0.05, 0.1) is 6.07 Å². The molecule has 0 fully saturated rings. The molecule has 0 radical (unpaired) electrons. The van der Waals surface area contributed by atoms with E-state index < -0.39 is 5.38 Å². The van der Waals surface area contributed by atoms with E-state index in [2.05, 4.69) is 0 Å². The average Bonchev–Trinajstić information content (AvgIpc) is 2.01. The Morgan fingerprint density at radius 3 is 2.08 bits per heavy atom. The van der Waals surface area contributed by atoms with Crippen LogP contribution in [0.2, 0.25) is 10.0 Å². The first-order valence-corrected chi connectivity index (χ1v) is 4.32. The fraction of sp³-hybridized carbons (Fsp3) is 0.125. The topological polar surface area (TPSA) is 23.8 Å². The van der Waals surface area contributed by atoms with E-state index >= 15 is 0 Å². The Bertz CT molecular complexity index is 309. The predicted molar refractivity (Wildman–Crippen MR) is 50.7 cm³/mol. The van der Waals surface area contributed by atoms with Gasteiger partial charge in [0.2, 0.25) is 0 Å². The van der Waals surface area contributed by atoms with E-state index in [1.165, 1.54) is 0 Å². The summed E-state index contributed by atoms with van der Waals surface area (Å²) in [7, 11) is 0. The van der Waals surface area contributed by atoms with Gasteiger partial charge in [0.25, 0.3) is 0 Å².